The molecule has 4 rings (SSSR count). The summed E-state index contributed by atoms with van der Waals surface area (Å²) in [6.45, 7) is 0. The summed E-state index contributed by atoms with van der Waals surface area (Å²) in [7, 11) is 0. The number of rotatable bonds is 1. The molecule has 1 atom stereocenters. The summed E-state index contributed by atoms with van der Waals surface area (Å²) in [4.78, 5) is 16.3. The zero-order chi connectivity index (χ0) is 12.8. The lowest BCUT2D eigenvalue weighted by molar-refractivity contribution is -0.116. The van der Waals surface area contributed by atoms with Crippen LogP contribution in [0.4, 0.5) is 11.4 Å². The highest BCUT2D eigenvalue weighted by molar-refractivity contribution is 6.04. The van der Waals surface area contributed by atoms with Crippen LogP contribution in [0.25, 0.3) is 10.9 Å². The van der Waals surface area contributed by atoms with Gasteiger partial charge in [-0.1, -0.05) is 18.2 Å². The van der Waals surface area contributed by atoms with Crippen LogP contribution in [-0.2, 0) is 4.79 Å². The summed E-state index contributed by atoms with van der Waals surface area (Å²) >= 11 is 0. The van der Waals surface area contributed by atoms with Gasteiger partial charge in [0.25, 0.3) is 0 Å². The van der Waals surface area contributed by atoms with Gasteiger partial charge in [-0.05, 0) is 24.8 Å². The Balaban J connectivity index is 1.87. The van der Waals surface area contributed by atoms with E-state index in [1.54, 1.807) is 6.20 Å². The van der Waals surface area contributed by atoms with Gasteiger partial charge in [0.05, 0.1) is 23.1 Å². The number of aromatic nitrogens is 1. The van der Waals surface area contributed by atoms with Gasteiger partial charge < -0.3 is 10.6 Å². The van der Waals surface area contributed by atoms with Gasteiger partial charge in [-0.2, -0.15) is 0 Å². The number of carbonyl (C=O) groups is 1. The van der Waals surface area contributed by atoms with E-state index in [1.807, 2.05) is 18.2 Å². The zero-order valence-corrected chi connectivity index (χ0v) is 10.5. The van der Waals surface area contributed by atoms with Gasteiger partial charge >= 0.3 is 0 Å². The third kappa shape index (κ3) is 1.84. The molecule has 2 aromatic rings. The van der Waals surface area contributed by atoms with E-state index in [2.05, 4.69) is 21.7 Å². The molecule has 1 unspecified atom stereocenters. The smallest absolute Gasteiger partial charge is 0.226 e. The fraction of sp³-hybridized carbons (Fsp3) is 0.333. The summed E-state index contributed by atoms with van der Waals surface area (Å²) in [6.07, 6.45) is 4.75. The number of pyridine rings is 1. The second-order valence-corrected chi connectivity index (χ2v) is 5.40. The number of fused-ring (bicyclic) bond motifs is 3. The van der Waals surface area contributed by atoms with E-state index < -0.39 is 0 Å². The minimum Gasteiger partial charge on any atom is -0.379 e. The van der Waals surface area contributed by atoms with E-state index in [4.69, 9.17) is 0 Å². The van der Waals surface area contributed by atoms with Crippen LogP contribution in [0.15, 0.2) is 30.5 Å². The van der Waals surface area contributed by atoms with Crippen molar-refractivity contribution < 1.29 is 4.79 Å². The maximum Gasteiger partial charge on any atom is 0.226 e. The Labute approximate surface area is 111 Å². The lowest BCUT2D eigenvalue weighted by atomic mass is 10.1. The molecule has 1 aromatic carbocycles. The van der Waals surface area contributed by atoms with E-state index in [0.717, 1.165) is 22.3 Å². The number of nitrogens with one attached hydrogen (secondary N) is 2. The van der Waals surface area contributed by atoms with Gasteiger partial charge in [-0.15, -0.1) is 0 Å². The number of benzene rings is 1. The number of amides is 1. The van der Waals surface area contributed by atoms with Crippen molar-refractivity contribution in [2.24, 2.45) is 5.92 Å². The van der Waals surface area contributed by atoms with Gasteiger partial charge in [-0.3, -0.25) is 9.78 Å². The summed E-state index contributed by atoms with van der Waals surface area (Å²) in [5, 5.41) is 7.61. The first-order valence-electron chi connectivity index (χ1n) is 6.75. The number of hydrogen-bond donors (Lipinski definition) is 2. The topological polar surface area (TPSA) is 54.0 Å². The third-order valence-electron chi connectivity index (χ3n) is 3.98. The van der Waals surface area contributed by atoms with Gasteiger partial charge in [0.15, 0.2) is 0 Å². The average Bonchev–Trinajstić information content (AvgIpc) is 3.24. The Morgan fingerprint density at radius 1 is 1.21 bits per heavy atom. The quantitative estimate of drug-likeness (QED) is 0.821. The Morgan fingerprint density at radius 2 is 2.05 bits per heavy atom. The summed E-state index contributed by atoms with van der Waals surface area (Å²) in [6, 6.07) is 8.29. The van der Waals surface area contributed by atoms with E-state index >= 15 is 0 Å². The molecule has 1 aliphatic heterocycles. The molecule has 2 aliphatic rings. The van der Waals surface area contributed by atoms with Crippen molar-refractivity contribution in [3.8, 4) is 0 Å². The van der Waals surface area contributed by atoms with Crippen LogP contribution in [0.5, 0.6) is 0 Å². The molecule has 2 heterocycles. The monoisotopic (exact) mass is 253 g/mol. The standard InChI is InChI=1S/C15H15N3O/c19-14-7-12(9-5-6-9)18-15-10-3-1-2-4-11(10)16-8-13(15)17-14/h1-4,8-9,12,18H,5-7H2,(H,17,19). The number of hydrogen-bond acceptors (Lipinski definition) is 3. The molecule has 1 aromatic heterocycles. The summed E-state index contributed by atoms with van der Waals surface area (Å²) in [5.41, 5.74) is 2.78. The van der Waals surface area contributed by atoms with Crippen LogP contribution in [0.2, 0.25) is 0 Å². The molecule has 96 valence electrons. The number of carbonyl (C=O) groups excluding carboxylic acids is 1. The molecule has 0 spiro atoms. The fourth-order valence-electron chi connectivity index (χ4n) is 2.81. The molecule has 1 fully saturated rings. The molecule has 1 amide bonds. The minimum atomic E-state index is 0.0835. The van der Waals surface area contributed by atoms with Crippen LogP contribution in [-0.4, -0.2) is 16.9 Å². The van der Waals surface area contributed by atoms with Crippen molar-refractivity contribution in [3.63, 3.8) is 0 Å². The Kier molecular flexibility index (Phi) is 2.24. The molecule has 4 heteroatoms. The molecular weight excluding hydrogens is 238 g/mol. The molecule has 4 nitrogen and oxygen atoms in total. The summed E-state index contributed by atoms with van der Waals surface area (Å²) in [5.74, 6) is 0.726. The first-order chi connectivity index (χ1) is 9.31. The zero-order valence-electron chi connectivity index (χ0n) is 10.5. The number of anilines is 2. The van der Waals surface area contributed by atoms with Gasteiger partial charge in [0.2, 0.25) is 5.91 Å². The van der Waals surface area contributed by atoms with E-state index in [9.17, 15) is 4.79 Å². The highest BCUT2D eigenvalue weighted by Crippen LogP contribution is 2.40. The maximum absolute atomic E-state index is 11.9. The van der Waals surface area contributed by atoms with Crippen LogP contribution < -0.4 is 10.6 Å². The first-order valence-corrected chi connectivity index (χ1v) is 6.75. The highest BCUT2D eigenvalue weighted by Gasteiger charge is 2.35. The minimum absolute atomic E-state index is 0.0835. The van der Waals surface area contributed by atoms with Gasteiger partial charge in [0, 0.05) is 17.8 Å². The Bertz CT molecular complexity index is 663. The second kappa shape index (κ2) is 3.95. The van der Waals surface area contributed by atoms with Crippen LogP contribution in [0, 0.1) is 5.92 Å². The molecule has 19 heavy (non-hydrogen) atoms. The highest BCUT2D eigenvalue weighted by atomic mass is 16.1. The third-order valence-corrected chi connectivity index (χ3v) is 3.98. The predicted molar refractivity (Wildman–Crippen MR) is 75.1 cm³/mol. The lowest BCUT2D eigenvalue weighted by Gasteiger charge is -2.17. The van der Waals surface area contributed by atoms with Gasteiger partial charge in [0.1, 0.15) is 0 Å². The van der Waals surface area contributed by atoms with Crippen LogP contribution in [0.3, 0.4) is 0 Å². The Hall–Kier alpha value is -2.10. The van der Waals surface area contributed by atoms with Crippen molar-refractivity contribution in [1.29, 1.82) is 0 Å². The van der Waals surface area contributed by atoms with Crippen molar-refractivity contribution in [3.05, 3.63) is 30.5 Å². The van der Waals surface area contributed by atoms with E-state index in [1.165, 1.54) is 12.8 Å². The molecule has 0 radical (unpaired) electrons. The van der Waals surface area contributed by atoms with Crippen molar-refractivity contribution >= 4 is 28.2 Å². The van der Waals surface area contributed by atoms with Crippen molar-refractivity contribution in [2.45, 2.75) is 25.3 Å². The fourth-order valence-corrected chi connectivity index (χ4v) is 2.81. The molecule has 0 saturated heterocycles. The SMILES string of the molecule is O=C1CC(C2CC2)Nc2c(cnc3ccccc23)N1. The number of nitrogens with zero attached hydrogens (tertiary/aromatic N) is 1. The predicted octanol–water partition coefficient (Wildman–Crippen LogP) is 2.77. The molecule has 0 bridgehead atoms. The normalized spacial score (nSPS) is 22.3. The molecule has 1 aliphatic carbocycles. The van der Waals surface area contributed by atoms with Crippen molar-refractivity contribution in [2.75, 3.05) is 10.6 Å². The largest absolute Gasteiger partial charge is 0.379 e. The maximum atomic E-state index is 11.9. The summed E-state index contributed by atoms with van der Waals surface area (Å²) < 4.78 is 0. The average molecular weight is 253 g/mol. The number of para-hydroxylation sites is 1. The van der Waals surface area contributed by atoms with Crippen LogP contribution >= 0.6 is 0 Å². The second-order valence-electron chi connectivity index (χ2n) is 5.40. The molecule has 2 N–H and O–H groups in total. The van der Waals surface area contributed by atoms with E-state index in [-0.39, 0.29) is 11.9 Å². The molecule has 1 saturated carbocycles. The molecular formula is C15H15N3O. The lowest BCUT2D eigenvalue weighted by Crippen LogP contribution is -2.24. The van der Waals surface area contributed by atoms with E-state index in [0.29, 0.717) is 12.3 Å². The van der Waals surface area contributed by atoms with Gasteiger partial charge in [-0.25, -0.2) is 0 Å². The van der Waals surface area contributed by atoms with Crippen molar-refractivity contribution in [1.82, 2.24) is 4.98 Å². The van der Waals surface area contributed by atoms with Crippen LogP contribution in [0.1, 0.15) is 19.3 Å². The Morgan fingerprint density at radius 3 is 2.89 bits per heavy atom. The first kappa shape index (κ1) is 10.8.